The number of nitrogens with zero attached hydrogens (tertiary/aromatic N) is 2. The van der Waals surface area contributed by atoms with Gasteiger partial charge in [-0.3, -0.25) is 4.79 Å². The van der Waals surface area contributed by atoms with E-state index in [0.29, 0.717) is 11.9 Å². The molecule has 0 spiro atoms. The number of nitrogens with one attached hydrogen (secondary N) is 1. The second-order valence-electron chi connectivity index (χ2n) is 8.12. The van der Waals surface area contributed by atoms with Crippen LogP contribution < -0.4 is 0 Å². The Balaban J connectivity index is 1.35. The lowest BCUT2D eigenvalue weighted by atomic mass is 9.76. The molecule has 1 saturated carbocycles. The second kappa shape index (κ2) is 8.07. The monoisotopic (exact) mass is 351 g/mol. The van der Waals surface area contributed by atoms with E-state index in [9.17, 15) is 4.79 Å². The van der Waals surface area contributed by atoms with Gasteiger partial charge in [0, 0.05) is 30.9 Å². The van der Waals surface area contributed by atoms with Crippen LogP contribution in [0.5, 0.6) is 0 Å². The summed E-state index contributed by atoms with van der Waals surface area (Å²) < 4.78 is 0. The van der Waals surface area contributed by atoms with Gasteiger partial charge >= 0.3 is 0 Å². The number of benzene rings is 1. The van der Waals surface area contributed by atoms with Crippen LogP contribution in [0, 0.1) is 11.8 Å². The molecule has 1 N–H and O–H groups in total. The molecule has 138 valence electrons. The number of rotatable bonds is 6. The van der Waals surface area contributed by atoms with Crippen molar-refractivity contribution in [3.63, 3.8) is 0 Å². The number of hydrogen-bond acceptors (Lipinski definition) is 2. The zero-order valence-electron chi connectivity index (χ0n) is 15.4. The van der Waals surface area contributed by atoms with Gasteiger partial charge in [0.1, 0.15) is 0 Å². The molecule has 26 heavy (non-hydrogen) atoms. The number of likely N-dealkylation sites (tertiary alicyclic amines) is 1. The van der Waals surface area contributed by atoms with Gasteiger partial charge in [-0.2, -0.15) is 0 Å². The molecule has 1 aliphatic heterocycles. The number of imidazole rings is 1. The van der Waals surface area contributed by atoms with E-state index in [4.69, 9.17) is 0 Å². The molecule has 4 nitrogen and oxygen atoms in total. The molecular weight excluding hydrogens is 322 g/mol. The van der Waals surface area contributed by atoms with Gasteiger partial charge in [-0.15, -0.1) is 0 Å². The highest BCUT2D eigenvalue weighted by Gasteiger charge is 2.34. The van der Waals surface area contributed by atoms with Crippen LogP contribution in [0.15, 0.2) is 42.9 Å². The largest absolute Gasteiger partial charge is 0.348 e. The Morgan fingerprint density at radius 1 is 1.12 bits per heavy atom. The third-order valence-corrected chi connectivity index (χ3v) is 6.21. The first-order chi connectivity index (χ1) is 12.8. The van der Waals surface area contributed by atoms with E-state index in [-0.39, 0.29) is 0 Å². The zero-order valence-corrected chi connectivity index (χ0v) is 15.4. The summed E-state index contributed by atoms with van der Waals surface area (Å²) in [6, 6.07) is 10.8. The highest BCUT2D eigenvalue weighted by atomic mass is 16.2. The first-order valence-corrected chi connectivity index (χ1v) is 10.1. The number of H-pyrrole nitrogens is 1. The fraction of sp³-hybridized carbons (Fsp3) is 0.545. The van der Waals surface area contributed by atoms with Gasteiger partial charge in [0.05, 0.1) is 6.33 Å². The molecular formula is C22H29N3O. The lowest BCUT2D eigenvalue weighted by Gasteiger charge is -2.33. The summed E-state index contributed by atoms with van der Waals surface area (Å²) in [6.07, 6.45) is 13.1. The molecule has 1 aliphatic carbocycles. The molecule has 0 radical (unpaired) electrons. The van der Waals surface area contributed by atoms with Crippen molar-refractivity contribution in [2.24, 2.45) is 11.8 Å². The molecule has 1 aromatic carbocycles. The van der Waals surface area contributed by atoms with Crippen LogP contribution in [-0.4, -0.2) is 26.8 Å². The molecule has 2 fully saturated rings. The molecule has 1 saturated heterocycles. The van der Waals surface area contributed by atoms with Crippen molar-refractivity contribution in [2.75, 3.05) is 0 Å². The number of hydrogen-bond donors (Lipinski definition) is 1. The highest BCUT2D eigenvalue weighted by molar-refractivity contribution is 5.78. The fourth-order valence-corrected chi connectivity index (χ4v) is 4.93. The van der Waals surface area contributed by atoms with Gasteiger partial charge in [0.25, 0.3) is 0 Å². The fourth-order valence-electron chi connectivity index (χ4n) is 4.93. The van der Waals surface area contributed by atoms with Crippen LogP contribution in [0.25, 0.3) is 0 Å². The van der Waals surface area contributed by atoms with Crippen LogP contribution >= 0.6 is 0 Å². The SMILES string of the molecule is O=C1CC[C@@H](C[C@H]2CCC[C@@H](Cc3cnc[nH]3)C2)N1Cc1ccccc1. The van der Waals surface area contributed by atoms with Crippen LogP contribution in [-0.2, 0) is 17.8 Å². The van der Waals surface area contributed by atoms with E-state index in [1.165, 1.54) is 43.4 Å². The maximum absolute atomic E-state index is 12.4. The average Bonchev–Trinajstić information content (AvgIpc) is 3.28. The van der Waals surface area contributed by atoms with Gasteiger partial charge < -0.3 is 9.88 Å². The quantitative estimate of drug-likeness (QED) is 0.841. The minimum Gasteiger partial charge on any atom is -0.348 e. The normalized spacial score (nSPS) is 26.4. The maximum Gasteiger partial charge on any atom is 0.223 e. The Labute approximate surface area is 156 Å². The van der Waals surface area contributed by atoms with Crippen molar-refractivity contribution in [1.82, 2.24) is 14.9 Å². The lowest BCUT2D eigenvalue weighted by molar-refractivity contribution is -0.129. The highest BCUT2D eigenvalue weighted by Crippen LogP contribution is 2.36. The predicted octanol–water partition coefficient (Wildman–Crippen LogP) is 4.34. The smallest absolute Gasteiger partial charge is 0.223 e. The molecule has 4 rings (SSSR count). The molecule has 0 unspecified atom stereocenters. The van der Waals surface area contributed by atoms with Crippen molar-refractivity contribution in [2.45, 2.75) is 64.0 Å². The Kier molecular flexibility index (Phi) is 5.37. The zero-order chi connectivity index (χ0) is 17.8. The summed E-state index contributed by atoms with van der Waals surface area (Å²) >= 11 is 0. The third kappa shape index (κ3) is 4.17. The first kappa shape index (κ1) is 17.3. The molecule has 3 atom stereocenters. The maximum atomic E-state index is 12.4. The lowest BCUT2D eigenvalue weighted by Crippen LogP contribution is -2.34. The van der Waals surface area contributed by atoms with E-state index in [1.54, 1.807) is 6.33 Å². The van der Waals surface area contributed by atoms with E-state index < -0.39 is 0 Å². The van der Waals surface area contributed by atoms with Crippen molar-refractivity contribution in [1.29, 1.82) is 0 Å². The van der Waals surface area contributed by atoms with Crippen molar-refractivity contribution in [3.8, 4) is 0 Å². The summed E-state index contributed by atoms with van der Waals surface area (Å²) in [5.74, 6) is 1.85. The third-order valence-electron chi connectivity index (χ3n) is 6.21. The molecule has 1 amide bonds. The topological polar surface area (TPSA) is 49.0 Å². The summed E-state index contributed by atoms with van der Waals surface area (Å²) in [7, 11) is 0. The minimum absolute atomic E-state index is 0.337. The van der Waals surface area contributed by atoms with Gasteiger partial charge in [-0.25, -0.2) is 4.98 Å². The van der Waals surface area contributed by atoms with Crippen LogP contribution in [0.2, 0.25) is 0 Å². The number of carbonyl (C=O) groups is 1. The van der Waals surface area contributed by atoms with Gasteiger partial charge in [0.2, 0.25) is 5.91 Å². The molecule has 2 aromatic rings. The molecule has 4 heteroatoms. The number of carbonyl (C=O) groups excluding carboxylic acids is 1. The molecule has 1 aromatic heterocycles. The standard InChI is InChI=1S/C22H29N3O/c26-22-10-9-21(25(22)15-17-5-2-1-3-6-17)13-19-8-4-7-18(11-19)12-20-14-23-16-24-20/h1-3,5-6,14,16,18-19,21H,4,7-13,15H2,(H,23,24)/t18-,19+,21+/m1/s1. The predicted molar refractivity (Wildman–Crippen MR) is 102 cm³/mol. The Hall–Kier alpha value is -2.10. The molecule has 0 bridgehead atoms. The van der Waals surface area contributed by atoms with Crippen LogP contribution in [0.4, 0.5) is 0 Å². The van der Waals surface area contributed by atoms with Crippen LogP contribution in [0.1, 0.15) is 56.2 Å². The Bertz CT molecular complexity index is 697. The number of aromatic amines is 1. The summed E-state index contributed by atoms with van der Waals surface area (Å²) in [5, 5.41) is 0. The Morgan fingerprint density at radius 2 is 1.96 bits per heavy atom. The summed E-state index contributed by atoms with van der Waals surface area (Å²) in [5.41, 5.74) is 2.51. The van der Waals surface area contributed by atoms with Crippen molar-refractivity contribution < 1.29 is 4.79 Å². The summed E-state index contributed by atoms with van der Waals surface area (Å²) in [6.45, 7) is 0.772. The van der Waals surface area contributed by atoms with Crippen molar-refractivity contribution in [3.05, 3.63) is 54.1 Å². The number of amides is 1. The number of aromatic nitrogens is 2. The molecule has 2 heterocycles. The van der Waals surface area contributed by atoms with E-state index in [1.807, 2.05) is 12.3 Å². The minimum atomic E-state index is 0.337. The van der Waals surface area contributed by atoms with Crippen LogP contribution in [0.3, 0.4) is 0 Å². The summed E-state index contributed by atoms with van der Waals surface area (Å²) in [4.78, 5) is 22.0. The van der Waals surface area contributed by atoms with E-state index >= 15 is 0 Å². The second-order valence-corrected chi connectivity index (χ2v) is 8.12. The van der Waals surface area contributed by atoms with E-state index in [2.05, 4.69) is 39.1 Å². The van der Waals surface area contributed by atoms with Gasteiger partial charge in [0.15, 0.2) is 0 Å². The van der Waals surface area contributed by atoms with Gasteiger partial charge in [-0.1, -0.05) is 49.6 Å². The first-order valence-electron chi connectivity index (χ1n) is 10.1. The van der Waals surface area contributed by atoms with E-state index in [0.717, 1.165) is 37.6 Å². The van der Waals surface area contributed by atoms with Gasteiger partial charge in [-0.05, 0) is 43.1 Å². The Morgan fingerprint density at radius 3 is 2.77 bits per heavy atom. The van der Waals surface area contributed by atoms with Crippen molar-refractivity contribution >= 4 is 5.91 Å². The average molecular weight is 351 g/mol. The molecule has 2 aliphatic rings.